The first-order valence-electron chi connectivity index (χ1n) is 7.00. The first kappa shape index (κ1) is 15.0. The molecule has 6 heteroatoms. The third-order valence-corrected chi connectivity index (χ3v) is 3.19. The molecule has 0 aliphatic heterocycles. The normalized spacial score (nSPS) is 10.6. The predicted octanol–water partition coefficient (Wildman–Crippen LogP) is 2.09. The van der Waals surface area contributed by atoms with Crippen molar-refractivity contribution in [2.45, 2.75) is 33.4 Å². The maximum absolute atomic E-state index is 11.1. The number of hydrogen-bond donors (Lipinski definition) is 1. The second-order valence-electron chi connectivity index (χ2n) is 4.98. The number of anilines is 1. The van der Waals surface area contributed by atoms with Gasteiger partial charge >= 0.3 is 5.97 Å². The second kappa shape index (κ2) is 6.88. The molecule has 21 heavy (non-hydrogen) atoms. The highest BCUT2D eigenvalue weighted by molar-refractivity contribution is 5.73. The van der Waals surface area contributed by atoms with Crippen LogP contribution in [0, 0.1) is 6.92 Å². The maximum Gasteiger partial charge on any atom is 0.323 e. The molecule has 1 aromatic carbocycles. The van der Waals surface area contributed by atoms with E-state index in [1.54, 1.807) is 4.90 Å². The summed E-state index contributed by atoms with van der Waals surface area (Å²) in [7, 11) is 0. The Morgan fingerprint density at radius 1 is 1.33 bits per heavy atom. The van der Waals surface area contributed by atoms with Crippen LogP contribution < -0.4 is 4.90 Å². The van der Waals surface area contributed by atoms with Crippen LogP contribution in [0.1, 0.15) is 24.7 Å². The Kier molecular flexibility index (Phi) is 4.92. The smallest absolute Gasteiger partial charge is 0.323 e. The van der Waals surface area contributed by atoms with Crippen molar-refractivity contribution in [3.8, 4) is 0 Å². The van der Waals surface area contributed by atoms with Gasteiger partial charge < -0.3 is 10.0 Å². The SMILES string of the molecule is CCCn1ncnc1CN(CC(=O)O)c1ccc(C)cc1. The van der Waals surface area contributed by atoms with E-state index in [9.17, 15) is 4.79 Å². The summed E-state index contributed by atoms with van der Waals surface area (Å²) in [5, 5.41) is 13.3. The summed E-state index contributed by atoms with van der Waals surface area (Å²) in [5.41, 5.74) is 2.01. The van der Waals surface area contributed by atoms with Gasteiger partial charge in [0.1, 0.15) is 18.7 Å². The molecule has 0 radical (unpaired) electrons. The summed E-state index contributed by atoms with van der Waals surface area (Å²) in [4.78, 5) is 17.1. The van der Waals surface area contributed by atoms with Crippen LogP contribution >= 0.6 is 0 Å². The molecular weight excluding hydrogens is 268 g/mol. The Bertz CT molecular complexity index is 592. The summed E-state index contributed by atoms with van der Waals surface area (Å²) >= 11 is 0. The van der Waals surface area contributed by atoms with Crippen molar-refractivity contribution in [1.82, 2.24) is 14.8 Å². The molecule has 1 heterocycles. The minimum absolute atomic E-state index is 0.0674. The molecule has 0 spiro atoms. The van der Waals surface area contributed by atoms with Crippen LogP contribution in [0.25, 0.3) is 0 Å². The molecule has 0 unspecified atom stereocenters. The zero-order chi connectivity index (χ0) is 15.2. The van der Waals surface area contributed by atoms with Gasteiger partial charge in [0.25, 0.3) is 0 Å². The van der Waals surface area contributed by atoms with Crippen LogP contribution in [0.5, 0.6) is 0 Å². The van der Waals surface area contributed by atoms with Crippen molar-refractivity contribution in [3.63, 3.8) is 0 Å². The average Bonchev–Trinajstić information content (AvgIpc) is 2.86. The number of carboxylic acids is 1. The van der Waals surface area contributed by atoms with Crippen LogP contribution in [0.3, 0.4) is 0 Å². The van der Waals surface area contributed by atoms with E-state index in [1.807, 2.05) is 35.9 Å². The highest BCUT2D eigenvalue weighted by Gasteiger charge is 2.14. The molecule has 0 saturated heterocycles. The van der Waals surface area contributed by atoms with Crippen LogP contribution in [0.2, 0.25) is 0 Å². The van der Waals surface area contributed by atoms with Gasteiger partial charge in [-0.1, -0.05) is 24.6 Å². The topological polar surface area (TPSA) is 71.2 Å². The molecule has 2 aromatic rings. The quantitative estimate of drug-likeness (QED) is 0.844. The van der Waals surface area contributed by atoms with E-state index in [4.69, 9.17) is 5.11 Å². The first-order chi connectivity index (χ1) is 10.1. The summed E-state index contributed by atoms with van der Waals surface area (Å²) in [6.07, 6.45) is 2.47. The van der Waals surface area contributed by atoms with Gasteiger partial charge in [-0.25, -0.2) is 9.67 Å². The molecule has 0 saturated carbocycles. The van der Waals surface area contributed by atoms with E-state index in [-0.39, 0.29) is 6.54 Å². The number of aryl methyl sites for hydroxylation is 2. The summed E-state index contributed by atoms with van der Waals surface area (Å²) in [6, 6.07) is 7.81. The fraction of sp³-hybridized carbons (Fsp3) is 0.400. The van der Waals surface area contributed by atoms with Gasteiger partial charge in [0, 0.05) is 12.2 Å². The van der Waals surface area contributed by atoms with E-state index < -0.39 is 5.97 Å². The molecule has 0 amide bonds. The van der Waals surface area contributed by atoms with Gasteiger partial charge in [-0.3, -0.25) is 4.79 Å². The lowest BCUT2D eigenvalue weighted by atomic mass is 10.2. The molecule has 0 bridgehead atoms. The van der Waals surface area contributed by atoms with Crippen LogP contribution in [0.4, 0.5) is 5.69 Å². The molecule has 0 aliphatic carbocycles. The fourth-order valence-corrected chi connectivity index (χ4v) is 2.14. The van der Waals surface area contributed by atoms with Gasteiger partial charge in [-0.05, 0) is 25.5 Å². The Hall–Kier alpha value is -2.37. The average molecular weight is 288 g/mol. The lowest BCUT2D eigenvalue weighted by Crippen LogP contribution is -2.30. The molecule has 1 aromatic heterocycles. The number of aliphatic carboxylic acids is 1. The predicted molar refractivity (Wildman–Crippen MR) is 80.2 cm³/mol. The lowest BCUT2D eigenvalue weighted by molar-refractivity contribution is -0.135. The molecule has 0 fully saturated rings. The zero-order valence-electron chi connectivity index (χ0n) is 12.4. The van der Waals surface area contributed by atoms with Crippen LogP contribution in [-0.2, 0) is 17.9 Å². The van der Waals surface area contributed by atoms with E-state index in [0.29, 0.717) is 6.54 Å². The van der Waals surface area contributed by atoms with Gasteiger partial charge in [-0.15, -0.1) is 0 Å². The molecule has 0 atom stereocenters. The summed E-state index contributed by atoms with van der Waals surface area (Å²) in [5.74, 6) is -0.0872. The van der Waals surface area contributed by atoms with Gasteiger partial charge in [-0.2, -0.15) is 5.10 Å². The van der Waals surface area contributed by atoms with Gasteiger partial charge in [0.05, 0.1) is 6.54 Å². The van der Waals surface area contributed by atoms with Crippen molar-refractivity contribution in [1.29, 1.82) is 0 Å². The highest BCUT2D eigenvalue weighted by Crippen LogP contribution is 2.17. The number of carbonyl (C=O) groups is 1. The Balaban J connectivity index is 2.21. The number of carboxylic acid groups (broad SMARTS) is 1. The van der Waals surface area contributed by atoms with Crippen molar-refractivity contribution < 1.29 is 9.90 Å². The zero-order valence-corrected chi connectivity index (χ0v) is 12.4. The van der Waals surface area contributed by atoms with E-state index in [2.05, 4.69) is 17.0 Å². The van der Waals surface area contributed by atoms with Crippen molar-refractivity contribution >= 4 is 11.7 Å². The Morgan fingerprint density at radius 3 is 2.67 bits per heavy atom. The number of aromatic nitrogens is 3. The minimum Gasteiger partial charge on any atom is -0.480 e. The third-order valence-electron chi connectivity index (χ3n) is 3.19. The first-order valence-corrected chi connectivity index (χ1v) is 7.00. The Morgan fingerprint density at radius 2 is 2.05 bits per heavy atom. The molecular formula is C15H20N4O2. The molecule has 0 aliphatic rings. The van der Waals surface area contributed by atoms with E-state index >= 15 is 0 Å². The number of benzene rings is 1. The monoisotopic (exact) mass is 288 g/mol. The molecule has 2 rings (SSSR count). The van der Waals surface area contributed by atoms with E-state index in [0.717, 1.165) is 30.0 Å². The highest BCUT2D eigenvalue weighted by atomic mass is 16.4. The standard InChI is InChI=1S/C15H20N4O2/c1-3-8-19-14(16-11-17-19)9-18(10-15(20)21)13-6-4-12(2)5-7-13/h4-7,11H,3,8-10H2,1-2H3,(H,20,21). The molecule has 6 nitrogen and oxygen atoms in total. The van der Waals surface area contributed by atoms with Crippen LogP contribution in [-0.4, -0.2) is 32.4 Å². The van der Waals surface area contributed by atoms with Gasteiger partial charge in [0.2, 0.25) is 0 Å². The van der Waals surface area contributed by atoms with Gasteiger partial charge in [0.15, 0.2) is 0 Å². The van der Waals surface area contributed by atoms with Crippen LogP contribution in [0.15, 0.2) is 30.6 Å². The lowest BCUT2D eigenvalue weighted by Gasteiger charge is -2.22. The summed E-state index contributed by atoms with van der Waals surface area (Å²) in [6.45, 7) is 5.21. The van der Waals surface area contributed by atoms with E-state index in [1.165, 1.54) is 6.33 Å². The third kappa shape index (κ3) is 4.05. The summed E-state index contributed by atoms with van der Waals surface area (Å²) < 4.78 is 1.82. The Labute approximate surface area is 124 Å². The number of rotatable bonds is 7. The fourth-order valence-electron chi connectivity index (χ4n) is 2.14. The number of hydrogen-bond acceptors (Lipinski definition) is 4. The number of nitrogens with zero attached hydrogens (tertiary/aromatic N) is 4. The maximum atomic E-state index is 11.1. The second-order valence-corrected chi connectivity index (χ2v) is 4.98. The van der Waals surface area contributed by atoms with Crippen molar-refractivity contribution in [2.24, 2.45) is 0 Å². The van der Waals surface area contributed by atoms with Crippen molar-refractivity contribution in [2.75, 3.05) is 11.4 Å². The minimum atomic E-state index is -0.864. The molecule has 1 N–H and O–H groups in total. The van der Waals surface area contributed by atoms with Crippen molar-refractivity contribution in [3.05, 3.63) is 42.0 Å². The molecule has 112 valence electrons. The largest absolute Gasteiger partial charge is 0.480 e.